The summed E-state index contributed by atoms with van der Waals surface area (Å²) in [4.78, 5) is 0. The summed E-state index contributed by atoms with van der Waals surface area (Å²) >= 11 is 0. The third kappa shape index (κ3) is 1.59. The average molecular weight is 221 g/mol. The highest BCUT2D eigenvalue weighted by Gasteiger charge is 2.14. The van der Waals surface area contributed by atoms with E-state index < -0.39 is 11.6 Å². The maximum absolute atomic E-state index is 13.4. The van der Waals surface area contributed by atoms with Crippen molar-refractivity contribution in [3.8, 4) is 17.4 Å². The van der Waals surface area contributed by atoms with Gasteiger partial charge in [-0.05, 0) is 6.07 Å². The first-order valence-electron chi connectivity index (χ1n) is 4.23. The van der Waals surface area contributed by atoms with Crippen LogP contribution in [0.25, 0.3) is 11.3 Å². The van der Waals surface area contributed by atoms with Gasteiger partial charge in [-0.3, -0.25) is 0 Å². The lowest BCUT2D eigenvalue weighted by Crippen LogP contribution is -1.90. The van der Waals surface area contributed by atoms with Gasteiger partial charge in [0.2, 0.25) is 0 Å². The Morgan fingerprint density at radius 2 is 2.00 bits per heavy atom. The van der Waals surface area contributed by atoms with E-state index in [2.05, 4.69) is 5.16 Å². The van der Waals surface area contributed by atoms with E-state index in [4.69, 9.17) is 15.5 Å². The minimum atomic E-state index is -0.920. The molecular weight excluding hydrogens is 216 g/mol. The van der Waals surface area contributed by atoms with Gasteiger partial charge in [-0.15, -0.1) is 0 Å². The zero-order valence-electron chi connectivity index (χ0n) is 7.87. The number of aromatic nitrogens is 1. The van der Waals surface area contributed by atoms with E-state index in [9.17, 15) is 8.78 Å². The van der Waals surface area contributed by atoms with Crippen LogP contribution in [-0.2, 0) is 0 Å². The SMILES string of the molecule is N#Cc1cc(-c2cc(N)no2)c(F)cc1F. The number of benzene rings is 1. The normalized spacial score (nSPS) is 10.1. The van der Waals surface area contributed by atoms with Gasteiger partial charge in [-0.25, -0.2) is 8.78 Å². The number of nitrogens with two attached hydrogens (primary N) is 1. The maximum Gasteiger partial charge on any atom is 0.172 e. The van der Waals surface area contributed by atoms with Crippen molar-refractivity contribution in [3.63, 3.8) is 0 Å². The lowest BCUT2D eigenvalue weighted by atomic mass is 10.1. The van der Waals surface area contributed by atoms with Gasteiger partial charge in [0.25, 0.3) is 0 Å². The van der Waals surface area contributed by atoms with Gasteiger partial charge in [0.1, 0.15) is 17.7 Å². The molecule has 0 amide bonds. The van der Waals surface area contributed by atoms with Crippen molar-refractivity contribution in [1.29, 1.82) is 5.26 Å². The van der Waals surface area contributed by atoms with Crippen LogP contribution in [0.2, 0.25) is 0 Å². The molecule has 0 aliphatic carbocycles. The van der Waals surface area contributed by atoms with Crippen LogP contribution in [-0.4, -0.2) is 5.16 Å². The quantitative estimate of drug-likeness (QED) is 0.799. The zero-order valence-corrected chi connectivity index (χ0v) is 7.87. The predicted molar refractivity (Wildman–Crippen MR) is 51.0 cm³/mol. The fourth-order valence-electron chi connectivity index (χ4n) is 1.24. The van der Waals surface area contributed by atoms with Crippen molar-refractivity contribution in [3.05, 3.63) is 35.4 Å². The fraction of sp³-hybridized carbons (Fsp3) is 0. The van der Waals surface area contributed by atoms with Crippen molar-refractivity contribution in [1.82, 2.24) is 5.16 Å². The summed E-state index contributed by atoms with van der Waals surface area (Å²) in [6.07, 6.45) is 0. The number of rotatable bonds is 1. The van der Waals surface area contributed by atoms with E-state index in [0.717, 1.165) is 6.07 Å². The van der Waals surface area contributed by atoms with Crippen LogP contribution < -0.4 is 5.73 Å². The molecule has 0 unspecified atom stereocenters. The van der Waals surface area contributed by atoms with Crippen molar-refractivity contribution >= 4 is 5.82 Å². The van der Waals surface area contributed by atoms with Crippen LogP contribution in [0.15, 0.2) is 22.7 Å². The molecule has 0 saturated carbocycles. The number of nitrogens with zero attached hydrogens (tertiary/aromatic N) is 2. The van der Waals surface area contributed by atoms with Gasteiger partial charge in [-0.2, -0.15) is 5.26 Å². The molecule has 0 atom stereocenters. The number of hydrogen-bond acceptors (Lipinski definition) is 4. The molecular formula is C10H5F2N3O. The van der Waals surface area contributed by atoms with Crippen LogP contribution in [0.5, 0.6) is 0 Å². The van der Waals surface area contributed by atoms with Crippen molar-refractivity contribution < 1.29 is 13.3 Å². The summed E-state index contributed by atoms with van der Waals surface area (Å²) in [7, 11) is 0. The average Bonchev–Trinajstić information content (AvgIpc) is 2.65. The first-order valence-corrected chi connectivity index (χ1v) is 4.23. The third-order valence-electron chi connectivity index (χ3n) is 1.97. The standard InChI is InChI=1S/C10H5F2N3O/c11-7-2-8(12)6(1-5(7)4-13)9-3-10(14)15-16-9/h1-3H,(H2,14,15). The van der Waals surface area contributed by atoms with Gasteiger partial charge < -0.3 is 10.3 Å². The molecule has 0 fully saturated rings. The molecule has 0 aliphatic heterocycles. The van der Waals surface area contributed by atoms with Crippen LogP contribution in [0, 0.1) is 23.0 Å². The molecule has 80 valence electrons. The van der Waals surface area contributed by atoms with Crippen LogP contribution >= 0.6 is 0 Å². The van der Waals surface area contributed by atoms with Crippen LogP contribution in [0.1, 0.15) is 5.56 Å². The first kappa shape index (κ1) is 10.1. The lowest BCUT2D eigenvalue weighted by Gasteiger charge is -1.99. The van der Waals surface area contributed by atoms with Crippen LogP contribution in [0.4, 0.5) is 14.6 Å². The summed E-state index contributed by atoms with van der Waals surface area (Å²) in [6.45, 7) is 0. The van der Waals surface area contributed by atoms with E-state index in [-0.39, 0.29) is 22.7 Å². The third-order valence-corrected chi connectivity index (χ3v) is 1.97. The fourth-order valence-corrected chi connectivity index (χ4v) is 1.24. The topological polar surface area (TPSA) is 75.8 Å². The smallest absolute Gasteiger partial charge is 0.172 e. The number of hydrogen-bond donors (Lipinski definition) is 1. The summed E-state index contributed by atoms with van der Waals surface area (Å²) in [5, 5.41) is 12.0. The molecule has 4 nitrogen and oxygen atoms in total. The molecule has 0 spiro atoms. The van der Waals surface area contributed by atoms with Gasteiger partial charge in [0, 0.05) is 12.1 Å². The predicted octanol–water partition coefficient (Wildman–Crippen LogP) is 2.07. The van der Waals surface area contributed by atoms with Crippen LogP contribution in [0.3, 0.4) is 0 Å². The second-order valence-corrected chi connectivity index (χ2v) is 3.04. The van der Waals surface area contributed by atoms with Gasteiger partial charge in [0.05, 0.1) is 11.1 Å². The van der Waals surface area contributed by atoms with E-state index in [1.807, 2.05) is 0 Å². The highest BCUT2D eigenvalue weighted by Crippen LogP contribution is 2.26. The molecule has 1 aromatic heterocycles. The Balaban J connectivity index is 2.62. The molecule has 0 saturated heterocycles. The molecule has 16 heavy (non-hydrogen) atoms. The Morgan fingerprint density at radius 1 is 1.25 bits per heavy atom. The van der Waals surface area contributed by atoms with Crippen molar-refractivity contribution in [2.75, 3.05) is 5.73 Å². The van der Waals surface area contributed by atoms with Gasteiger partial charge in [0.15, 0.2) is 11.6 Å². The number of anilines is 1. The van der Waals surface area contributed by atoms with Gasteiger partial charge >= 0.3 is 0 Å². The number of halogens is 2. The molecule has 6 heteroatoms. The largest absolute Gasteiger partial charge is 0.381 e. The van der Waals surface area contributed by atoms with E-state index in [0.29, 0.717) is 6.07 Å². The molecule has 0 radical (unpaired) electrons. The molecule has 1 aromatic carbocycles. The molecule has 1 heterocycles. The monoisotopic (exact) mass is 221 g/mol. The van der Waals surface area contributed by atoms with E-state index in [1.54, 1.807) is 6.07 Å². The number of nitrogen functional groups attached to an aromatic ring is 1. The summed E-state index contributed by atoms with van der Waals surface area (Å²) in [5.74, 6) is -1.63. The number of nitriles is 1. The second-order valence-electron chi connectivity index (χ2n) is 3.04. The Bertz CT molecular complexity index is 586. The minimum absolute atomic E-state index is 0.0477. The molecule has 2 rings (SSSR count). The summed E-state index contributed by atoms with van der Waals surface area (Å²) in [6, 6.07) is 4.56. The molecule has 0 bridgehead atoms. The lowest BCUT2D eigenvalue weighted by molar-refractivity contribution is 0.433. The Morgan fingerprint density at radius 3 is 2.56 bits per heavy atom. The Hall–Kier alpha value is -2.42. The highest BCUT2D eigenvalue weighted by molar-refractivity contribution is 5.63. The van der Waals surface area contributed by atoms with E-state index in [1.165, 1.54) is 6.07 Å². The zero-order chi connectivity index (χ0) is 11.7. The highest BCUT2D eigenvalue weighted by atomic mass is 19.1. The Kier molecular flexibility index (Phi) is 2.29. The first-order chi connectivity index (χ1) is 7.61. The molecule has 2 aromatic rings. The molecule has 0 aliphatic rings. The summed E-state index contributed by atoms with van der Waals surface area (Å²) < 4.78 is 31.1. The van der Waals surface area contributed by atoms with Gasteiger partial charge in [-0.1, -0.05) is 5.16 Å². The van der Waals surface area contributed by atoms with Crippen molar-refractivity contribution in [2.45, 2.75) is 0 Å². The maximum atomic E-state index is 13.4. The molecule has 2 N–H and O–H groups in total. The summed E-state index contributed by atoms with van der Waals surface area (Å²) in [5.41, 5.74) is 4.97. The Labute approximate surface area is 88.9 Å². The van der Waals surface area contributed by atoms with Crippen molar-refractivity contribution in [2.24, 2.45) is 0 Å². The van der Waals surface area contributed by atoms with E-state index >= 15 is 0 Å². The second kappa shape index (κ2) is 3.62. The minimum Gasteiger partial charge on any atom is -0.381 e.